The van der Waals surface area contributed by atoms with Gasteiger partial charge in [0.2, 0.25) is 0 Å². The minimum Gasteiger partial charge on any atom is -0.396 e. The summed E-state index contributed by atoms with van der Waals surface area (Å²) in [5.74, 6) is -0.241. The number of anilines is 1. The van der Waals surface area contributed by atoms with Crippen molar-refractivity contribution in [2.75, 3.05) is 26.0 Å². The van der Waals surface area contributed by atoms with Gasteiger partial charge in [0.1, 0.15) is 10.4 Å². The van der Waals surface area contributed by atoms with Gasteiger partial charge in [-0.1, -0.05) is 0 Å². The lowest BCUT2D eigenvalue weighted by Crippen LogP contribution is -2.28. The molecule has 0 bridgehead atoms. The van der Waals surface area contributed by atoms with Gasteiger partial charge in [0, 0.05) is 19.9 Å². The SMILES string of the molecule is COCC(O)CCNC(=O)c1sc2cccnc2c1N. The molecule has 0 aliphatic carbocycles. The summed E-state index contributed by atoms with van der Waals surface area (Å²) in [4.78, 5) is 16.7. The van der Waals surface area contributed by atoms with Gasteiger partial charge in [-0.05, 0) is 18.6 Å². The summed E-state index contributed by atoms with van der Waals surface area (Å²) in [5, 5.41) is 12.2. The Morgan fingerprint density at radius 3 is 3.15 bits per heavy atom. The van der Waals surface area contributed by atoms with E-state index in [4.69, 9.17) is 10.5 Å². The second kappa shape index (κ2) is 6.65. The predicted molar refractivity (Wildman–Crippen MR) is 78.9 cm³/mol. The lowest BCUT2D eigenvalue weighted by molar-refractivity contribution is 0.0588. The Morgan fingerprint density at radius 1 is 1.65 bits per heavy atom. The van der Waals surface area contributed by atoms with Crippen LogP contribution in [-0.4, -0.2) is 42.4 Å². The molecule has 0 aromatic carbocycles. The smallest absolute Gasteiger partial charge is 0.263 e. The summed E-state index contributed by atoms with van der Waals surface area (Å²) in [6.07, 6.45) is 1.50. The summed E-state index contributed by atoms with van der Waals surface area (Å²) in [7, 11) is 1.52. The molecule has 108 valence electrons. The van der Waals surface area contributed by atoms with E-state index < -0.39 is 6.10 Å². The monoisotopic (exact) mass is 295 g/mol. The first-order chi connectivity index (χ1) is 9.63. The van der Waals surface area contributed by atoms with Gasteiger partial charge in [0.05, 0.1) is 23.1 Å². The minimum absolute atomic E-state index is 0.241. The molecule has 0 aliphatic rings. The second-order valence-electron chi connectivity index (χ2n) is 4.35. The van der Waals surface area contributed by atoms with E-state index in [1.54, 1.807) is 12.3 Å². The molecule has 1 atom stereocenters. The van der Waals surface area contributed by atoms with Crippen molar-refractivity contribution < 1.29 is 14.6 Å². The molecule has 4 N–H and O–H groups in total. The molecule has 2 aromatic rings. The number of carbonyl (C=O) groups is 1. The van der Waals surface area contributed by atoms with Crippen molar-refractivity contribution in [3.05, 3.63) is 23.2 Å². The number of nitrogens with one attached hydrogen (secondary N) is 1. The van der Waals surface area contributed by atoms with Gasteiger partial charge in [0.25, 0.3) is 5.91 Å². The fourth-order valence-corrected chi connectivity index (χ4v) is 2.82. The van der Waals surface area contributed by atoms with Crippen LogP contribution in [0.5, 0.6) is 0 Å². The van der Waals surface area contributed by atoms with E-state index >= 15 is 0 Å². The number of hydrogen-bond acceptors (Lipinski definition) is 6. The molecule has 7 heteroatoms. The molecule has 2 aromatic heterocycles. The van der Waals surface area contributed by atoms with Crippen molar-refractivity contribution >= 4 is 33.1 Å². The molecule has 0 saturated carbocycles. The van der Waals surface area contributed by atoms with E-state index in [1.165, 1.54) is 18.4 Å². The zero-order chi connectivity index (χ0) is 14.5. The first-order valence-electron chi connectivity index (χ1n) is 6.21. The van der Waals surface area contributed by atoms with Gasteiger partial charge in [0.15, 0.2) is 0 Å². The van der Waals surface area contributed by atoms with Crippen LogP contribution in [0, 0.1) is 0 Å². The van der Waals surface area contributed by atoms with Gasteiger partial charge >= 0.3 is 0 Å². The first-order valence-corrected chi connectivity index (χ1v) is 7.03. The normalized spacial score (nSPS) is 12.5. The van der Waals surface area contributed by atoms with E-state index in [1.807, 2.05) is 6.07 Å². The van der Waals surface area contributed by atoms with Crippen LogP contribution in [0.2, 0.25) is 0 Å². The molecule has 0 aliphatic heterocycles. The molecular weight excluding hydrogens is 278 g/mol. The summed E-state index contributed by atoms with van der Waals surface area (Å²) in [6, 6.07) is 3.68. The van der Waals surface area contributed by atoms with E-state index in [9.17, 15) is 9.90 Å². The number of methoxy groups -OCH3 is 1. The Morgan fingerprint density at radius 2 is 2.45 bits per heavy atom. The lowest BCUT2D eigenvalue weighted by Gasteiger charge is -2.09. The number of rotatable bonds is 6. The van der Waals surface area contributed by atoms with Crippen molar-refractivity contribution in [1.29, 1.82) is 0 Å². The Balaban J connectivity index is 1.99. The standard InChI is InChI=1S/C13H17N3O3S/c1-19-7-8(17)4-6-16-13(18)12-10(14)11-9(20-12)3-2-5-15-11/h2-3,5,8,17H,4,6-7,14H2,1H3,(H,16,18). The molecule has 1 amide bonds. The molecule has 0 saturated heterocycles. The summed E-state index contributed by atoms with van der Waals surface area (Å²) in [6.45, 7) is 0.620. The van der Waals surface area contributed by atoms with E-state index in [-0.39, 0.29) is 12.5 Å². The van der Waals surface area contributed by atoms with Crippen molar-refractivity contribution in [2.45, 2.75) is 12.5 Å². The first kappa shape index (κ1) is 14.7. The van der Waals surface area contributed by atoms with Crippen LogP contribution in [-0.2, 0) is 4.74 Å². The van der Waals surface area contributed by atoms with E-state index in [0.717, 1.165) is 4.70 Å². The van der Waals surface area contributed by atoms with Gasteiger partial charge in [-0.2, -0.15) is 0 Å². The van der Waals surface area contributed by atoms with Crippen molar-refractivity contribution in [2.24, 2.45) is 0 Å². The Hall–Kier alpha value is -1.70. The number of aliphatic hydroxyl groups excluding tert-OH is 1. The molecule has 0 fully saturated rings. The van der Waals surface area contributed by atoms with Gasteiger partial charge in [-0.15, -0.1) is 11.3 Å². The topological polar surface area (TPSA) is 97.5 Å². The summed E-state index contributed by atoms with van der Waals surface area (Å²) < 4.78 is 5.70. The Bertz CT molecular complexity index is 600. The maximum atomic E-state index is 12.1. The highest BCUT2D eigenvalue weighted by Crippen LogP contribution is 2.31. The van der Waals surface area contributed by atoms with Crippen molar-refractivity contribution in [1.82, 2.24) is 10.3 Å². The fourth-order valence-electron chi connectivity index (χ4n) is 1.82. The number of fused-ring (bicyclic) bond motifs is 1. The van der Waals surface area contributed by atoms with E-state index in [2.05, 4.69) is 10.3 Å². The third kappa shape index (κ3) is 3.24. The highest BCUT2D eigenvalue weighted by atomic mass is 32.1. The summed E-state index contributed by atoms with van der Waals surface area (Å²) >= 11 is 1.31. The zero-order valence-corrected chi connectivity index (χ0v) is 11.9. The Kier molecular flexibility index (Phi) is 4.89. The molecule has 0 spiro atoms. The second-order valence-corrected chi connectivity index (χ2v) is 5.40. The number of nitrogens with two attached hydrogens (primary N) is 1. The number of nitrogens with zero attached hydrogens (tertiary/aromatic N) is 1. The third-order valence-corrected chi connectivity index (χ3v) is 3.97. The predicted octanol–water partition coefficient (Wildman–Crippen LogP) is 1.01. The molecule has 2 rings (SSSR count). The van der Waals surface area contributed by atoms with Crippen LogP contribution in [0.25, 0.3) is 10.2 Å². The van der Waals surface area contributed by atoms with Crippen LogP contribution < -0.4 is 11.1 Å². The van der Waals surface area contributed by atoms with Crippen LogP contribution in [0.1, 0.15) is 16.1 Å². The third-order valence-electron chi connectivity index (χ3n) is 2.81. The molecule has 1 unspecified atom stereocenters. The van der Waals surface area contributed by atoms with E-state index in [0.29, 0.717) is 29.0 Å². The molecular formula is C13H17N3O3S. The number of hydrogen-bond donors (Lipinski definition) is 3. The average molecular weight is 295 g/mol. The zero-order valence-electron chi connectivity index (χ0n) is 11.1. The number of thiophene rings is 1. The number of nitrogen functional groups attached to an aromatic ring is 1. The number of amides is 1. The molecule has 20 heavy (non-hydrogen) atoms. The van der Waals surface area contributed by atoms with Crippen LogP contribution in [0.15, 0.2) is 18.3 Å². The maximum absolute atomic E-state index is 12.1. The molecule has 2 heterocycles. The molecule has 0 radical (unpaired) electrons. The van der Waals surface area contributed by atoms with Gasteiger partial charge < -0.3 is 20.9 Å². The van der Waals surface area contributed by atoms with Crippen LogP contribution in [0.3, 0.4) is 0 Å². The number of aromatic nitrogens is 1. The highest BCUT2D eigenvalue weighted by molar-refractivity contribution is 7.21. The number of ether oxygens (including phenoxy) is 1. The Labute approximate surface area is 120 Å². The number of carbonyl (C=O) groups excluding carboxylic acids is 1. The lowest BCUT2D eigenvalue weighted by atomic mass is 10.2. The fraction of sp³-hybridized carbons (Fsp3) is 0.385. The largest absolute Gasteiger partial charge is 0.396 e. The molecule has 6 nitrogen and oxygen atoms in total. The minimum atomic E-state index is -0.582. The average Bonchev–Trinajstić information content (AvgIpc) is 2.77. The summed E-state index contributed by atoms with van der Waals surface area (Å²) in [5.41, 5.74) is 6.99. The quantitative estimate of drug-likeness (QED) is 0.739. The van der Waals surface area contributed by atoms with Crippen molar-refractivity contribution in [3.8, 4) is 0 Å². The number of pyridine rings is 1. The maximum Gasteiger partial charge on any atom is 0.263 e. The van der Waals surface area contributed by atoms with Crippen LogP contribution >= 0.6 is 11.3 Å². The van der Waals surface area contributed by atoms with Gasteiger partial charge in [-0.25, -0.2) is 0 Å². The van der Waals surface area contributed by atoms with Crippen LogP contribution in [0.4, 0.5) is 5.69 Å². The highest BCUT2D eigenvalue weighted by Gasteiger charge is 2.16. The van der Waals surface area contributed by atoms with Crippen molar-refractivity contribution in [3.63, 3.8) is 0 Å². The number of aliphatic hydroxyl groups is 1. The van der Waals surface area contributed by atoms with Gasteiger partial charge in [-0.3, -0.25) is 9.78 Å².